The van der Waals surface area contributed by atoms with Gasteiger partial charge in [-0.25, -0.2) is 14.2 Å². The minimum Gasteiger partial charge on any atom is -0.477 e. The van der Waals surface area contributed by atoms with Crippen LogP contribution in [0.2, 0.25) is 0 Å². The zero-order valence-corrected chi connectivity index (χ0v) is 15.8. The molecule has 1 N–H and O–H groups in total. The average molecular weight is 386 g/mol. The van der Waals surface area contributed by atoms with Crippen LogP contribution in [0, 0.1) is 5.82 Å². The van der Waals surface area contributed by atoms with E-state index in [4.69, 9.17) is 0 Å². The molecule has 2 aromatic heterocycles. The number of halogens is 1. The summed E-state index contributed by atoms with van der Waals surface area (Å²) in [6, 6.07) is 1.88. The lowest BCUT2D eigenvalue weighted by Gasteiger charge is -2.43. The summed E-state index contributed by atoms with van der Waals surface area (Å²) in [5.41, 5.74) is -0.611. The van der Waals surface area contributed by atoms with Crippen LogP contribution in [0.15, 0.2) is 17.1 Å². The lowest BCUT2D eigenvalue weighted by molar-refractivity contribution is 0.0695. The smallest absolute Gasteiger partial charge is 0.341 e. The van der Waals surface area contributed by atoms with Gasteiger partial charge >= 0.3 is 5.97 Å². The second-order valence-corrected chi connectivity index (χ2v) is 8.31. The molecule has 2 unspecified atom stereocenters. The molecule has 2 aromatic rings. The number of pyridine rings is 2. The van der Waals surface area contributed by atoms with Crippen molar-refractivity contribution in [3.8, 4) is 0 Å². The van der Waals surface area contributed by atoms with Crippen LogP contribution in [-0.2, 0) is 0 Å². The van der Waals surface area contributed by atoms with Gasteiger partial charge in [-0.1, -0.05) is 0 Å². The van der Waals surface area contributed by atoms with Gasteiger partial charge in [0.05, 0.1) is 5.39 Å². The second-order valence-electron chi connectivity index (χ2n) is 8.31. The molecule has 1 aliphatic carbocycles. The number of rotatable bonds is 3. The number of anilines is 1. The molecule has 2 bridgehead atoms. The van der Waals surface area contributed by atoms with Gasteiger partial charge in [-0.15, -0.1) is 0 Å². The molecule has 3 saturated heterocycles. The van der Waals surface area contributed by atoms with Crippen LogP contribution in [-0.4, -0.2) is 57.7 Å². The van der Waals surface area contributed by atoms with Gasteiger partial charge in [0.1, 0.15) is 11.2 Å². The number of carbonyl (C=O) groups is 1. The van der Waals surface area contributed by atoms with Crippen LogP contribution in [0.4, 0.5) is 10.2 Å². The molecule has 0 amide bonds. The number of aromatic carboxylic acids is 1. The van der Waals surface area contributed by atoms with Crippen LogP contribution in [0.1, 0.15) is 48.5 Å². The Bertz CT molecular complexity index is 1030. The Morgan fingerprint density at radius 2 is 1.93 bits per heavy atom. The van der Waals surface area contributed by atoms with Gasteiger partial charge in [-0.3, -0.25) is 9.69 Å². The molecule has 148 valence electrons. The summed E-state index contributed by atoms with van der Waals surface area (Å²) in [5, 5.41) is 9.41. The molecule has 28 heavy (non-hydrogen) atoms. The molecule has 5 heterocycles. The van der Waals surface area contributed by atoms with E-state index in [-0.39, 0.29) is 28.9 Å². The second kappa shape index (κ2) is 6.27. The Balaban J connectivity index is 1.68. The number of carboxylic acid groups (broad SMARTS) is 1. The number of nitrogens with zero attached hydrogens (tertiary/aromatic N) is 4. The van der Waals surface area contributed by atoms with E-state index < -0.39 is 17.2 Å². The lowest BCUT2D eigenvalue weighted by atomic mass is 10.1. The largest absolute Gasteiger partial charge is 0.477 e. The Hall–Kier alpha value is -2.48. The number of aromatic nitrogens is 2. The molecule has 6 rings (SSSR count). The molecule has 8 heteroatoms. The van der Waals surface area contributed by atoms with Crippen molar-refractivity contribution in [3.63, 3.8) is 0 Å². The van der Waals surface area contributed by atoms with Crippen LogP contribution < -0.4 is 10.3 Å². The van der Waals surface area contributed by atoms with Gasteiger partial charge in [-0.05, 0) is 45.2 Å². The number of carboxylic acids is 1. The minimum absolute atomic E-state index is 0.0464. The SMILES string of the molecule is CN1CC2CCCC1CN2c1nc2c(cc1F)c(=O)c(C(=O)O)cn2C1CC1. The molecule has 1 saturated carbocycles. The number of likely N-dealkylation sites (N-methyl/N-ethyl adjacent to an activating group) is 1. The van der Waals surface area contributed by atoms with Gasteiger partial charge in [-0.2, -0.15) is 0 Å². The van der Waals surface area contributed by atoms with Gasteiger partial charge < -0.3 is 14.6 Å². The topological polar surface area (TPSA) is 78.7 Å². The minimum atomic E-state index is -1.29. The summed E-state index contributed by atoms with van der Waals surface area (Å²) >= 11 is 0. The van der Waals surface area contributed by atoms with Crippen molar-refractivity contribution in [2.75, 3.05) is 25.0 Å². The first kappa shape index (κ1) is 17.6. The third kappa shape index (κ3) is 2.70. The van der Waals surface area contributed by atoms with Gasteiger partial charge in [0, 0.05) is 37.4 Å². The summed E-state index contributed by atoms with van der Waals surface area (Å²) < 4.78 is 16.9. The van der Waals surface area contributed by atoms with Crippen molar-refractivity contribution in [1.82, 2.24) is 14.5 Å². The van der Waals surface area contributed by atoms with Crippen molar-refractivity contribution in [3.05, 3.63) is 33.9 Å². The third-order valence-corrected chi connectivity index (χ3v) is 6.43. The van der Waals surface area contributed by atoms with E-state index >= 15 is 4.39 Å². The van der Waals surface area contributed by atoms with Crippen LogP contribution in [0.3, 0.4) is 0 Å². The fourth-order valence-electron chi connectivity index (χ4n) is 4.73. The van der Waals surface area contributed by atoms with Crippen molar-refractivity contribution in [2.24, 2.45) is 0 Å². The summed E-state index contributed by atoms with van der Waals surface area (Å²) in [4.78, 5) is 33.1. The highest BCUT2D eigenvalue weighted by Crippen LogP contribution is 2.38. The van der Waals surface area contributed by atoms with Crippen molar-refractivity contribution in [1.29, 1.82) is 0 Å². The van der Waals surface area contributed by atoms with E-state index in [1.807, 2.05) is 0 Å². The zero-order chi connectivity index (χ0) is 19.6. The molecule has 0 aromatic carbocycles. The van der Waals surface area contributed by atoms with Gasteiger partial charge in [0.15, 0.2) is 11.6 Å². The van der Waals surface area contributed by atoms with E-state index in [0.717, 1.165) is 45.2 Å². The van der Waals surface area contributed by atoms with E-state index in [1.54, 1.807) is 4.57 Å². The molecule has 3 aliphatic heterocycles. The lowest BCUT2D eigenvalue weighted by Crippen LogP contribution is -2.55. The Morgan fingerprint density at radius 1 is 1.18 bits per heavy atom. The quantitative estimate of drug-likeness (QED) is 0.872. The standard InChI is InChI=1S/C20H23FN4O3/c1-23-8-13-4-2-3-12(23)9-24(13)19-16(21)7-14-17(26)15(20(27)28)10-25(11-5-6-11)18(14)22-19/h7,10-13H,2-6,8-9H2,1H3,(H,27,28). The zero-order valence-electron chi connectivity index (χ0n) is 15.8. The Kier molecular flexibility index (Phi) is 3.94. The average Bonchev–Trinajstić information content (AvgIpc) is 3.49. The number of hydrogen-bond donors (Lipinski definition) is 1. The fraction of sp³-hybridized carbons (Fsp3) is 0.550. The first-order chi connectivity index (χ1) is 13.4. The highest BCUT2D eigenvalue weighted by atomic mass is 19.1. The van der Waals surface area contributed by atoms with Crippen LogP contribution in [0.5, 0.6) is 0 Å². The maximum atomic E-state index is 15.1. The molecular formula is C20H23FN4O3. The molecule has 0 spiro atoms. The third-order valence-electron chi connectivity index (χ3n) is 6.43. The molecule has 4 fully saturated rings. The first-order valence-corrected chi connectivity index (χ1v) is 9.89. The van der Waals surface area contributed by atoms with E-state index in [0.29, 0.717) is 11.7 Å². The normalized spacial score (nSPS) is 25.3. The Labute approximate surface area is 161 Å². The number of hydrogen-bond acceptors (Lipinski definition) is 5. The van der Waals surface area contributed by atoms with Gasteiger partial charge in [0.25, 0.3) is 0 Å². The highest BCUT2D eigenvalue weighted by molar-refractivity contribution is 5.92. The molecule has 7 nitrogen and oxygen atoms in total. The highest BCUT2D eigenvalue weighted by Gasteiger charge is 2.37. The molecule has 0 radical (unpaired) electrons. The monoisotopic (exact) mass is 386 g/mol. The van der Waals surface area contributed by atoms with E-state index in [2.05, 4.69) is 21.8 Å². The molecular weight excluding hydrogens is 363 g/mol. The summed E-state index contributed by atoms with van der Waals surface area (Å²) in [6.45, 7) is 1.59. The Morgan fingerprint density at radius 3 is 2.64 bits per heavy atom. The van der Waals surface area contributed by atoms with E-state index in [1.165, 1.54) is 12.3 Å². The summed E-state index contributed by atoms with van der Waals surface area (Å²) in [7, 11) is 2.11. The predicted octanol–water partition coefficient (Wildman–Crippen LogP) is 2.24. The maximum Gasteiger partial charge on any atom is 0.341 e. The fourth-order valence-corrected chi connectivity index (χ4v) is 4.73. The van der Waals surface area contributed by atoms with Gasteiger partial charge in [0.2, 0.25) is 5.43 Å². The van der Waals surface area contributed by atoms with Crippen molar-refractivity contribution in [2.45, 2.75) is 50.2 Å². The number of fused-ring (bicyclic) bond motifs is 5. The van der Waals surface area contributed by atoms with Crippen LogP contribution >= 0.6 is 0 Å². The maximum absolute atomic E-state index is 15.1. The predicted molar refractivity (Wildman–Crippen MR) is 103 cm³/mol. The van der Waals surface area contributed by atoms with Crippen molar-refractivity contribution < 1.29 is 14.3 Å². The number of piperazine rings is 1. The van der Waals surface area contributed by atoms with Crippen LogP contribution in [0.25, 0.3) is 11.0 Å². The van der Waals surface area contributed by atoms with E-state index in [9.17, 15) is 14.7 Å². The summed E-state index contributed by atoms with van der Waals surface area (Å²) in [5.74, 6) is -1.56. The summed E-state index contributed by atoms with van der Waals surface area (Å²) in [6.07, 6.45) is 6.39. The molecule has 2 atom stereocenters. The molecule has 4 aliphatic rings. The first-order valence-electron chi connectivity index (χ1n) is 9.89. The van der Waals surface area contributed by atoms with Crippen molar-refractivity contribution >= 4 is 22.8 Å².